The second-order valence-electron chi connectivity index (χ2n) is 6.28. The zero-order chi connectivity index (χ0) is 15.9. The number of nitrogens with one attached hydrogen (secondary N) is 2. The predicted octanol–water partition coefficient (Wildman–Crippen LogP) is 2.95. The van der Waals surface area contributed by atoms with Gasteiger partial charge < -0.3 is 10.6 Å². The van der Waals surface area contributed by atoms with Crippen molar-refractivity contribution in [3.8, 4) is 0 Å². The van der Waals surface area contributed by atoms with Crippen LogP contribution in [0.5, 0.6) is 0 Å². The van der Waals surface area contributed by atoms with Gasteiger partial charge in [0.25, 0.3) is 0 Å². The molecule has 0 bridgehead atoms. The molecule has 0 unspecified atom stereocenters. The number of carbonyl (C=O) groups is 2. The van der Waals surface area contributed by atoms with Crippen molar-refractivity contribution >= 4 is 11.8 Å². The third-order valence-electron chi connectivity index (χ3n) is 4.38. The summed E-state index contributed by atoms with van der Waals surface area (Å²) in [5, 5.41) is 5.75. The largest absolute Gasteiger partial charge is 0.348 e. The number of carbonyl (C=O) groups excluding carboxylic acids is 2. The fourth-order valence-electron chi connectivity index (χ4n) is 3.01. The molecule has 0 aromatic heterocycles. The summed E-state index contributed by atoms with van der Waals surface area (Å²) >= 11 is 0. The lowest BCUT2D eigenvalue weighted by Crippen LogP contribution is -2.45. The topological polar surface area (TPSA) is 58.2 Å². The minimum atomic E-state index is -0.500. The monoisotopic (exact) mass is 302 g/mol. The minimum absolute atomic E-state index is 0.0121. The molecule has 1 saturated carbocycles. The van der Waals surface area contributed by atoms with E-state index in [-0.39, 0.29) is 17.9 Å². The van der Waals surface area contributed by atoms with E-state index in [4.69, 9.17) is 0 Å². The molecule has 2 atom stereocenters. The Labute approximate surface area is 132 Å². The highest BCUT2D eigenvalue weighted by atomic mass is 16.2. The number of rotatable bonds is 6. The lowest BCUT2D eigenvalue weighted by Gasteiger charge is -2.19. The van der Waals surface area contributed by atoms with Crippen LogP contribution in [0.25, 0.3) is 0 Å². The number of benzene rings is 1. The first-order valence-corrected chi connectivity index (χ1v) is 8.21. The van der Waals surface area contributed by atoms with E-state index in [0.29, 0.717) is 12.3 Å². The Kier molecular flexibility index (Phi) is 5.99. The summed E-state index contributed by atoms with van der Waals surface area (Å²) in [4.78, 5) is 24.2. The minimum Gasteiger partial charge on any atom is -0.348 e. The number of hydrogen-bond acceptors (Lipinski definition) is 2. The average molecular weight is 302 g/mol. The molecule has 0 aliphatic heterocycles. The van der Waals surface area contributed by atoms with Crippen LogP contribution < -0.4 is 10.6 Å². The molecule has 1 aliphatic carbocycles. The summed E-state index contributed by atoms with van der Waals surface area (Å²) in [7, 11) is 0. The van der Waals surface area contributed by atoms with E-state index in [2.05, 4.69) is 10.6 Å². The fraction of sp³-hybridized carbons (Fsp3) is 0.556. The normalized spacial score (nSPS) is 17.7. The molecule has 4 nitrogen and oxygen atoms in total. The van der Waals surface area contributed by atoms with Crippen molar-refractivity contribution in [2.45, 2.75) is 58.0 Å². The second kappa shape index (κ2) is 7.97. The van der Waals surface area contributed by atoms with Crippen LogP contribution in [0, 0.1) is 5.92 Å². The van der Waals surface area contributed by atoms with Crippen molar-refractivity contribution in [2.75, 3.05) is 0 Å². The van der Waals surface area contributed by atoms with E-state index in [9.17, 15) is 9.59 Å². The molecule has 2 N–H and O–H groups in total. The van der Waals surface area contributed by atoms with Crippen molar-refractivity contribution in [2.24, 2.45) is 5.92 Å². The van der Waals surface area contributed by atoms with Crippen molar-refractivity contribution in [1.82, 2.24) is 10.6 Å². The molecule has 22 heavy (non-hydrogen) atoms. The molecule has 0 spiro atoms. The molecule has 120 valence electrons. The SMILES string of the molecule is C[C@H](NC(=O)CC1CCCC1)C(=O)N[C@H](C)c1ccccc1. The first kappa shape index (κ1) is 16.5. The van der Waals surface area contributed by atoms with Crippen LogP contribution in [0.4, 0.5) is 0 Å². The Hall–Kier alpha value is -1.84. The second-order valence-corrected chi connectivity index (χ2v) is 6.28. The van der Waals surface area contributed by atoms with E-state index in [1.807, 2.05) is 37.3 Å². The van der Waals surface area contributed by atoms with Crippen LogP contribution in [0.15, 0.2) is 30.3 Å². The van der Waals surface area contributed by atoms with Crippen LogP contribution in [0.2, 0.25) is 0 Å². The van der Waals surface area contributed by atoms with Gasteiger partial charge in [-0.2, -0.15) is 0 Å². The summed E-state index contributed by atoms with van der Waals surface area (Å²) in [6.07, 6.45) is 5.27. The number of amides is 2. The lowest BCUT2D eigenvalue weighted by atomic mass is 10.0. The van der Waals surface area contributed by atoms with Crippen LogP contribution in [0.1, 0.15) is 57.6 Å². The molecule has 0 heterocycles. The van der Waals surface area contributed by atoms with Gasteiger partial charge in [-0.1, -0.05) is 43.2 Å². The van der Waals surface area contributed by atoms with Gasteiger partial charge in [0.05, 0.1) is 6.04 Å². The predicted molar refractivity (Wildman–Crippen MR) is 87.2 cm³/mol. The summed E-state index contributed by atoms with van der Waals surface area (Å²) in [6.45, 7) is 3.68. The highest BCUT2D eigenvalue weighted by molar-refractivity contribution is 5.87. The van der Waals surface area contributed by atoms with Gasteiger partial charge in [-0.05, 0) is 38.2 Å². The van der Waals surface area contributed by atoms with Crippen molar-refractivity contribution in [1.29, 1.82) is 0 Å². The molecule has 0 radical (unpaired) electrons. The lowest BCUT2D eigenvalue weighted by molar-refractivity contribution is -0.129. The van der Waals surface area contributed by atoms with Crippen molar-refractivity contribution in [3.05, 3.63) is 35.9 Å². The summed E-state index contributed by atoms with van der Waals surface area (Å²) in [5.41, 5.74) is 1.06. The molecular weight excluding hydrogens is 276 g/mol. The molecule has 0 saturated heterocycles. The van der Waals surface area contributed by atoms with Crippen molar-refractivity contribution in [3.63, 3.8) is 0 Å². The van der Waals surface area contributed by atoms with Crippen LogP contribution in [-0.4, -0.2) is 17.9 Å². The Morgan fingerprint density at radius 2 is 1.73 bits per heavy atom. The summed E-state index contributed by atoms with van der Waals surface area (Å²) in [6, 6.07) is 9.24. The van der Waals surface area contributed by atoms with Gasteiger partial charge in [0.2, 0.25) is 11.8 Å². The first-order chi connectivity index (χ1) is 10.6. The summed E-state index contributed by atoms with van der Waals surface area (Å²) < 4.78 is 0. The quantitative estimate of drug-likeness (QED) is 0.849. The van der Waals surface area contributed by atoms with E-state index >= 15 is 0 Å². The smallest absolute Gasteiger partial charge is 0.242 e. The van der Waals surface area contributed by atoms with E-state index < -0.39 is 6.04 Å². The molecule has 4 heteroatoms. The molecule has 1 aromatic rings. The Bertz CT molecular complexity index is 495. The first-order valence-electron chi connectivity index (χ1n) is 8.21. The molecular formula is C18H26N2O2. The standard InChI is InChI=1S/C18H26N2O2/c1-13(16-10-4-3-5-11-16)20-18(22)14(2)19-17(21)12-15-8-6-7-9-15/h3-5,10-11,13-15H,6-9,12H2,1-2H3,(H,19,21)(H,20,22)/t13-,14+/m1/s1. The Morgan fingerprint density at radius 1 is 1.09 bits per heavy atom. The maximum atomic E-state index is 12.2. The van der Waals surface area contributed by atoms with Gasteiger partial charge in [-0.3, -0.25) is 9.59 Å². The maximum Gasteiger partial charge on any atom is 0.242 e. The zero-order valence-electron chi connectivity index (χ0n) is 13.5. The van der Waals surface area contributed by atoms with Gasteiger partial charge in [-0.25, -0.2) is 0 Å². The van der Waals surface area contributed by atoms with Crippen molar-refractivity contribution < 1.29 is 9.59 Å². The average Bonchev–Trinajstić information content (AvgIpc) is 3.00. The van der Waals surface area contributed by atoms with Gasteiger partial charge in [0, 0.05) is 6.42 Å². The Balaban J connectivity index is 1.77. The van der Waals surface area contributed by atoms with Crippen LogP contribution in [-0.2, 0) is 9.59 Å². The highest BCUT2D eigenvalue weighted by Crippen LogP contribution is 2.27. The molecule has 1 aliphatic rings. The molecule has 2 amide bonds. The maximum absolute atomic E-state index is 12.2. The summed E-state index contributed by atoms with van der Waals surface area (Å²) in [5.74, 6) is 0.344. The van der Waals surface area contributed by atoms with Gasteiger partial charge in [0.15, 0.2) is 0 Å². The molecule has 2 rings (SSSR count). The Morgan fingerprint density at radius 3 is 2.36 bits per heavy atom. The van der Waals surface area contributed by atoms with Gasteiger partial charge >= 0.3 is 0 Å². The van der Waals surface area contributed by atoms with Gasteiger partial charge in [-0.15, -0.1) is 0 Å². The van der Waals surface area contributed by atoms with Crippen LogP contribution >= 0.6 is 0 Å². The van der Waals surface area contributed by atoms with E-state index in [0.717, 1.165) is 18.4 Å². The van der Waals surface area contributed by atoms with E-state index in [1.54, 1.807) is 6.92 Å². The highest BCUT2D eigenvalue weighted by Gasteiger charge is 2.22. The zero-order valence-corrected chi connectivity index (χ0v) is 13.5. The molecule has 1 fully saturated rings. The van der Waals surface area contributed by atoms with E-state index in [1.165, 1.54) is 12.8 Å². The van der Waals surface area contributed by atoms with Crippen LogP contribution in [0.3, 0.4) is 0 Å². The molecule has 1 aromatic carbocycles. The third kappa shape index (κ3) is 4.86. The van der Waals surface area contributed by atoms with Gasteiger partial charge in [0.1, 0.15) is 6.04 Å². The fourth-order valence-corrected chi connectivity index (χ4v) is 3.01. The number of hydrogen-bond donors (Lipinski definition) is 2. The third-order valence-corrected chi connectivity index (χ3v) is 4.38.